The summed E-state index contributed by atoms with van der Waals surface area (Å²) in [5.74, 6) is -2.24. The van der Waals surface area contributed by atoms with Gasteiger partial charge in [0.05, 0.1) is 0 Å². The average molecular weight is 182 g/mol. The summed E-state index contributed by atoms with van der Waals surface area (Å²) in [5, 5.41) is 18.3. The minimum absolute atomic E-state index is 0.0869. The molecule has 0 unspecified atom stereocenters. The van der Waals surface area contributed by atoms with E-state index in [1.165, 1.54) is 0 Å². The average Bonchev–Trinajstić information content (AvgIpc) is 2.18. The number of carbonyl (C=O) groups excluding carboxylic acids is 2. The Morgan fingerprint density at radius 1 is 1.38 bits per heavy atom. The van der Waals surface area contributed by atoms with E-state index < -0.39 is 23.1 Å². The van der Waals surface area contributed by atoms with Crippen molar-refractivity contribution in [3.05, 3.63) is 23.2 Å². The van der Waals surface area contributed by atoms with E-state index in [0.29, 0.717) is 12.0 Å². The van der Waals surface area contributed by atoms with E-state index in [-0.39, 0.29) is 6.42 Å². The summed E-state index contributed by atoms with van der Waals surface area (Å²) in [4.78, 5) is 22.1. The van der Waals surface area contributed by atoms with Crippen LogP contribution < -0.4 is 0 Å². The molecule has 1 aliphatic rings. The van der Waals surface area contributed by atoms with Gasteiger partial charge in [0.25, 0.3) is 0 Å². The molecule has 4 heteroatoms. The summed E-state index contributed by atoms with van der Waals surface area (Å²) in [6.45, 7) is 1.73. The molecule has 1 rings (SSSR count). The Bertz CT molecular complexity index is 323. The van der Waals surface area contributed by atoms with Crippen LogP contribution in [0.25, 0.3) is 0 Å². The number of Topliss-reactive ketones (excluding diaryl/α,β-unsaturated/α-hetero) is 1. The maximum atomic E-state index is 11.1. The zero-order valence-corrected chi connectivity index (χ0v) is 7.20. The highest BCUT2D eigenvalue weighted by atomic mass is 16.3. The van der Waals surface area contributed by atoms with E-state index in [9.17, 15) is 14.7 Å². The van der Waals surface area contributed by atoms with Gasteiger partial charge in [0.1, 0.15) is 0 Å². The summed E-state index contributed by atoms with van der Waals surface area (Å²) >= 11 is 0. The molecule has 0 aromatic carbocycles. The van der Waals surface area contributed by atoms with Crippen molar-refractivity contribution in [1.82, 2.24) is 0 Å². The van der Waals surface area contributed by atoms with Crippen LogP contribution >= 0.6 is 0 Å². The van der Waals surface area contributed by atoms with Gasteiger partial charge in [0.15, 0.2) is 11.5 Å². The summed E-state index contributed by atoms with van der Waals surface area (Å²) < 4.78 is 0. The molecule has 0 amide bonds. The lowest BCUT2D eigenvalue weighted by molar-refractivity contribution is -0.118. The Kier molecular flexibility index (Phi) is 2.51. The van der Waals surface area contributed by atoms with Crippen LogP contribution in [0.3, 0.4) is 0 Å². The molecule has 0 saturated carbocycles. The van der Waals surface area contributed by atoms with Gasteiger partial charge in [-0.25, -0.2) is 0 Å². The van der Waals surface area contributed by atoms with Crippen LogP contribution in [0.2, 0.25) is 0 Å². The maximum absolute atomic E-state index is 11.1. The Balaban J connectivity index is 3.12. The number of hydrogen-bond acceptors (Lipinski definition) is 4. The van der Waals surface area contributed by atoms with Crippen LogP contribution in [0.1, 0.15) is 19.8 Å². The van der Waals surface area contributed by atoms with Crippen LogP contribution in [-0.2, 0) is 9.59 Å². The minimum atomic E-state index is -0.708. The predicted molar refractivity (Wildman–Crippen MR) is 45.3 cm³/mol. The third-order valence-electron chi connectivity index (χ3n) is 1.92. The van der Waals surface area contributed by atoms with Gasteiger partial charge in [0.2, 0.25) is 11.6 Å². The second-order valence-electron chi connectivity index (χ2n) is 2.80. The van der Waals surface area contributed by atoms with Crippen molar-refractivity contribution < 1.29 is 19.8 Å². The first-order chi connectivity index (χ1) is 6.06. The van der Waals surface area contributed by atoms with E-state index in [0.717, 1.165) is 6.08 Å². The summed E-state index contributed by atoms with van der Waals surface area (Å²) in [6, 6.07) is 0. The molecule has 0 saturated heterocycles. The number of ketones is 2. The fourth-order valence-electron chi connectivity index (χ4n) is 1.11. The third-order valence-corrected chi connectivity index (χ3v) is 1.92. The molecule has 0 bridgehead atoms. The Hall–Kier alpha value is -1.58. The second-order valence-corrected chi connectivity index (χ2v) is 2.80. The van der Waals surface area contributed by atoms with E-state index in [1.54, 1.807) is 6.92 Å². The van der Waals surface area contributed by atoms with Gasteiger partial charge in [-0.1, -0.05) is 6.92 Å². The number of hydrogen-bond donors (Lipinski definition) is 2. The van der Waals surface area contributed by atoms with E-state index in [2.05, 4.69) is 0 Å². The lowest BCUT2D eigenvalue weighted by Gasteiger charge is -2.01. The molecule has 0 heterocycles. The minimum Gasteiger partial charge on any atom is -0.504 e. The number of rotatable bonds is 1. The fraction of sp³-hybridized carbons (Fsp3) is 0.333. The van der Waals surface area contributed by atoms with Crippen LogP contribution in [0.4, 0.5) is 0 Å². The third kappa shape index (κ3) is 1.77. The van der Waals surface area contributed by atoms with E-state index >= 15 is 0 Å². The molecule has 0 aromatic heterocycles. The maximum Gasteiger partial charge on any atom is 0.223 e. The molecular formula is C9H10O4. The van der Waals surface area contributed by atoms with Crippen LogP contribution in [0, 0.1) is 0 Å². The smallest absolute Gasteiger partial charge is 0.223 e. The first-order valence-corrected chi connectivity index (χ1v) is 3.95. The molecule has 70 valence electrons. The molecule has 2 N–H and O–H groups in total. The molecule has 0 aromatic rings. The summed E-state index contributed by atoms with van der Waals surface area (Å²) in [5.41, 5.74) is 0.371. The van der Waals surface area contributed by atoms with Gasteiger partial charge in [0, 0.05) is 12.5 Å². The molecule has 0 atom stereocenters. The monoisotopic (exact) mass is 182 g/mol. The lowest BCUT2D eigenvalue weighted by Crippen LogP contribution is -2.01. The molecule has 0 radical (unpaired) electrons. The van der Waals surface area contributed by atoms with Crippen LogP contribution in [0.5, 0.6) is 0 Å². The van der Waals surface area contributed by atoms with Gasteiger partial charge in [-0.15, -0.1) is 0 Å². The quantitative estimate of drug-likeness (QED) is 0.638. The number of aliphatic hydroxyl groups is 2. The molecule has 0 fully saturated rings. The SMILES string of the molecule is CCC1=C(O)C(=O)C=C(O)C(=O)C1. The Morgan fingerprint density at radius 3 is 2.54 bits per heavy atom. The zero-order chi connectivity index (χ0) is 10.0. The molecule has 4 nitrogen and oxygen atoms in total. The number of allylic oxidation sites excluding steroid dienone is 3. The largest absolute Gasteiger partial charge is 0.504 e. The second kappa shape index (κ2) is 3.43. The summed E-state index contributed by atoms with van der Waals surface area (Å²) in [7, 11) is 0. The van der Waals surface area contributed by atoms with Gasteiger partial charge >= 0.3 is 0 Å². The Labute approximate surface area is 75.2 Å². The van der Waals surface area contributed by atoms with Gasteiger partial charge < -0.3 is 10.2 Å². The van der Waals surface area contributed by atoms with Crippen molar-refractivity contribution in [3.8, 4) is 0 Å². The topological polar surface area (TPSA) is 74.6 Å². The van der Waals surface area contributed by atoms with Crippen molar-refractivity contribution >= 4 is 11.6 Å². The van der Waals surface area contributed by atoms with Crippen molar-refractivity contribution in [1.29, 1.82) is 0 Å². The number of carbonyl (C=O) groups is 2. The van der Waals surface area contributed by atoms with Crippen molar-refractivity contribution in [2.45, 2.75) is 19.8 Å². The Morgan fingerprint density at radius 2 is 2.00 bits per heavy atom. The van der Waals surface area contributed by atoms with Crippen molar-refractivity contribution in [2.75, 3.05) is 0 Å². The van der Waals surface area contributed by atoms with Gasteiger partial charge in [-0.3, -0.25) is 9.59 Å². The highest BCUT2D eigenvalue weighted by Crippen LogP contribution is 2.18. The van der Waals surface area contributed by atoms with E-state index in [4.69, 9.17) is 5.11 Å². The van der Waals surface area contributed by atoms with Crippen molar-refractivity contribution in [3.63, 3.8) is 0 Å². The lowest BCUT2D eigenvalue weighted by atomic mass is 10.1. The van der Waals surface area contributed by atoms with Crippen LogP contribution in [0.15, 0.2) is 23.2 Å². The first kappa shape index (κ1) is 9.51. The van der Waals surface area contributed by atoms with Gasteiger partial charge in [-0.2, -0.15) is 0 Å². The molecular weight excluding hydrogens is 172 g/mol. The zero-order valence-electron chi connectivity index (χ0n) is 7.20. The number of aliphatic hydroxyl groups excluding tert-OH is 2. The first-order valence-electron chi connectivity index (χ1n) is 3.95. The highest BCUT2D eigenvalue weighted by molar-refractivity contribution is 6.10. The normalized spacial score (nSPS) is 18.7. The van der Waals surface area contributed by atoms with E-state index in [1.807, 2.05) is 0 Å². The highest BCUT2D eigenvalue weighted by Gasteiger charge is 2.22. The van der Waals surface area contributed by atoms with Crippen molar-refractivity contribution in [2.24, 2.45) is 0 Å². The molecule has 0 aliphatic heterocycles. The molecule has 13 heavy (non-hydrogen) atoms. The molecule has 0 spiro atoms. The van der Waals surface area contributed by atoms with Crippen LogP contribution in [-0.4, -0.2) is 21.8 Å². The fourth-order valence-corrected chi connectivity index (χ4v) is 1.11. The predicted octanol–water partition coefficient (Wildman–Crippen LogP) is 1.19. The standard InChI is InChI=1S/C9H10O4/c1-2-5-3-6(10)7(11)4-8(12)9(5)13/h4,11,13H,2-3H2,1H3. The molecule has 1 aliphatic carbocycles. The summed E-state index contributed by atoms with van der Waals surface area (Å²) in [6.07, 6.45) is 1.08. The van der Waals surface area contributed by atoms with Gasteiger partial charge in [-0.05, 0) is 12.0 Å².